The van der Waals surface area contributed by atoms with Gasteiger partial charge in [-0.25, -0.2) is 9.32 Å². The third-order valence-electron chi connectivity index (χ3n) is 2.04. The molecule has 78 valence electrons. The second-order valence-corrected chi connectivity index (χ2v) is 3.71. The summed E-state index contributed by atoms with van der Waals surface area (Å²) in [5.41, 5.74) is 2.85. The highest BCUT2D eigenvalue weighted by molar-refractivity contribution is 6.30. The van der Waals surface area contributed by atoms with Gasteiger partial charge in [0.25, 0.3) is 0 Å². The SMILES string of the molecule is O=C(O)c1ccc(Cl)c2c1=CN(Cl)NC=2. The molecule has 1 aromatic rings. The van der Waals surface area contributed by atoms with Crippen LogP contribution in [0.25, 0.3) is 12.4 Å². The van der Waals surface area contributed by atoms with Crippen LogP contribution in [0.1, 0.15) is 10.4 Å². The van der Waals surface area contributed by atoms with E-state index in [0.717, 1.165) is 4.53 Å². The lowest BCUT2D eigenvalue weighted by Crippen LogP contribution is -2.41. The van der Waals surface area contributed by atoms with Crippen LogP contribution in [0.4, 0.5) is 0 Å². The molecule has 0 bridgehead atoms. The van der Waals surface area contributed by atoms with E-state index in [2.05, 4.69) is 5.43 Å². The molecule has 1 aliphatic heterocycles. The standard InChI is InChI=1S/C9H6Cl2N2O2/c10-8-2-1-5(9(14)15)7-4-13(11)12-3-6(7)8/h1-4,12H,(H,14,15). The van der Waals surface area contributed by atoms with Crippen LogP contribution < -0.4 is 15.9 Å². The molecular weight excluding hydrogens is 239 g/mol. The number of hydrogen-bond donors (Lipinski definition) is 2. The van der Waals surface area contributed by atoms with Crippen molar-refractivity contribution in [1.82, 2.24) is 9.95 Å². The van der Waals surface area contributed by atoms with Gasteiger partial charge in [-0.1, -0.05) is 11.6 Å². The van der Waals surface area contributed by atoms with Gasteiger partial charge < -0.3 is 5.11 Å². The maximum absolute atomic E-state index is 10.9. The molecule has 0 atom stereocenters. The van der Waals surface area contributed by atoms with Crippen molar-refractivity contribution in [1.29, 1.82) is 0 Å². The molecule has 15 heavy (non-hydrogen) atoms. The first-order valence-electron chi connectivity index (χ1n) is 4.04. The topological polar surface area (TPSA) is 52.6 Å². The van der Waals surface area contributed by atoms with Crippen LogP contribution >= 0.6 is 23.4 Å². The summed E-state index contributed by atoms with van der Waals surface area (Å²) in [5, 5.41) is 10.5. The van der Waals surface area contributed by atoms with E-state index in [9.17, 15) is 4.79 Å². The predicted molar refractivity (Wildman–Crippen MR) is 57.4 cm³/mol. The van der Waals surface area contributed by atoms with E-state index in [1.807, 2.05) is 0 Å². The molecule has 0 spiro atoms. The van der Waals surface area contributed by atoms with E-state index in [1.54, 1.807) is 12.3 Å². The molecule has 2 rings (SSSR count). The Labute approximate surface area is 95.1 Å². The molecular formula is C9H6Cl2N2O2. The Morgan fingerprint density at radius 1 is 1.40 bits per heavy atom. The van der Waals surface area contributed by atoms with Crippen LogP contribution in [0.15, 0.2) is 12.1 Å². The highest BCUT2D eigenvalue weighted by Gasteiger charge is 2.11. The zero-order valence-electron chi connectivity index (χ0n) is 7.37. The largest absolute Gasteiger partial charge is 0.478 e. The second kappa shape index (κ2) is 3.64. The molecule has 1 aliphatic rings. The summed E-state index contributed by atoms with van der Waals surface area (Å²) < 4.78 is 1.14. The van der Waals surface area contributed by atoms with Gasteiger partial charge in [-0.15, -0.1) is 0 Å². The van der Waals surface area contributed by atoms with Crippen LogP contribution in [0.3, 0.4) is 0 Å². The minimum Gasteiger partial charge on any atom is -0.478 e. The normalized spacial score (nSPS) is 13.3. The number of carboxylic acids is 1. The van der Waals surface area contributed by atoms with Gasteiger partial charge in [-0.05, 0) is 12.1 Å². The van der Waals surface area contributed by atoms with Crippen LogP contribution in [0, 0.1) is 0 Å². The first-order valence-corrected chi connectivity index (χ1v) is 4.76. The number of carbonyl (C=O) groups is 1. The number of fused-ring (bicyclic) bond motifs is 1. The summed E-state index contributed by atoms with van der Waals surface area (Å²) >= 11 is 11.6. The summed E-state index contributed by atoms with van der Waals surface area (Å²) in [5.74, 6) is -1.01. The number of carboxylic acid groups (broad SMARTS) is 1. The third-order valence-corrected chi connectivity index (χ3v) is 2.56. The minimum atomic E-state index is -1.01. The Bertz CT molecular complexity index is 542. The van der Waals surface area contributed by atoms with Crippen LogP contribution in [-0.4, -0.2) is 15.6 Å². The van der Waals surface area contributed by atoms with Gasteiger partial charge in [-0.2, -0.15) is 0 Å². The summed E-state index contributed by atoms with van der Waals surface area (Å²) in [4.78, 5) is 10.9. The van der Waals surface area contributed by atoms with Gasteiger partial charge in [0, 0.05) is 34.6 Å². The number of rotatable bonds is 1. The lowest BCUT2D eigenvalue weighted by molar-refractivity contribution is 0.0695. The highest BCUT2D eigenvalue weighted by Crippen LogP contribution is 2.03. The first-order chi connectivity index (χ1) is 7.09. The molecule has 6 heteroatoms. The number of hydrazine groups is 1. The van der Waals surface area contributed by atoms with Crippen molar-refractivity contribution in [3.05, 3.63) is 33.2 Å². The van der Waals surface area contributed by atoms with Crippen molar-refractivity contribution < 1.29 is 9.90 Å². The fraction of sp³-hybridized carbons (Fsp3) is 0. The van der Waals surface area contributed by atoms with Crippen LogP contribution in [0.5, 0.6) is 0 Å². The van der Waals surface area contributed by atoms with Gasteiger partial charge in [0.15, 0.2) is 0 Å². The molecule has 1 heterocycles. The van der Waals surface area contributed by atoms with Gasteiger partial charge in [-0.3, -0.25) is 5.43 Å². The fourth-order valence-corrected chi connectivity index (χ4v) is 1.72. The Morgan fingerprint density at radius 2 is 2.13 bits per heavy atom. The monoisotopic (exact) mass is 244 g/mol. The summed E-state index contributed by atoms with van der Waals surface area (Å²) in [6.45, 7) is 0. The maximum atomic E-state index is 10.9. The molecule has 2 N–H and O–H groups in total. The molecule has 0 aromatic heterocycles. The molecule has 0 radical (unpaired) electrons. The maximum Gasteiger partial charge on any atom is 0.336 e. The van der Waals surface area contributed by atoms with E-state index in [1.165, 1.54) is 12.3 Å². The number of nitrogens with zero attached hydrogens (tertiary/aromatic N) is 1. The summed E-state index contributed by atoms with van der Waals surface area (Å²) in [7, 11) is 0. The van der Waals surface area contributed by atoms with Gasteiger partial charge in [0.2, 0.25) is 0 Å². The Hall–Kier alpha value is -1.39. The van der Waals surface area contributed by atoms with Crippen molar-refractivity contribution in [3.8, 4) is 0 Å². The molecule has 0 saturated carbocycles. The Kier molecular flexibility index (Phi) is 2.46. The number of halogens is 2. The van der Waals surface area contributed by atoms with Crippen molar-refractivity contribution in [3.63, 3.8) is 0 Å². The van der Waals surface area contributed by atoms with Gasteiger partial charge in [0.05, 0.1) is 10.6 Å². The number of nitrogens with one attached hydrogen (secondary N) is 1. The molecule has 0 unspecified atom stereocenters. The van der Waals surface area contributed by atoms with Crippen molar-refractivity contribution >= 4 is 41.7 Å². The van der Waals surface area contributed by atoms with Crippen LogP contribution in [0.2, 0.25) is 5.02 Å². The Morgan fingerprint density at radius 3 is 2.80 bits per heavy atom. The molecule has 0 amide bonds. The smallest absolute Gasteiger partial charge is 0.336 e. The number of benzene rings is 1. The average molecular weight is 245 g/mol. The first kappa shape index (κ1) is 10.1. The van der Waals surface area contributed by atoms with Crippen LogP contribution in [-0.2, 0) is 0 Å². The highest BCUT2D eigenvalue weighted by atomic mass is 35.5. The molecule has 0 fully saturated rings. The molecule has 4 nitrogen and oxygen atoms in total. The molecule has 0 saturated heterocycles. The predicted octanol–water partition coefficient (Wildman–Crippen LogP) is 0.488. The lowest BCUT2D eigenvalue weighted by atomic mass is 10.1. The molecule has 1 aromatic carbocycles. The zero-order valence-corrected chi connectivity index (χ0v) is 8.88. The van der Waals surface area contributed by atoms with Gasteiger partial charge in [0.1, 0.15) is 0 Å². The van der Waals surface area contributed by atoms with E-state index in [-0.39, 0.29) is 5.56 Å². The third kappa shape index (κ3) is 1.73. The summed E-state index contributed by atoms with van der Waals surface area (Å²) in [6.07, 6.45) is 3.02. The Balaban J connectivity index is 2.85. The van der Waals surface area contributed by atoms with Crippen molar-refractivity contribution in [2.45, 2.75) is 0 Å². The number of hydrogen-bond acceptors (Lipinski definition) is 3. The fourth-order valence-electron chi connectivity index (χ4n) is 1.36. The van der Waals surface area contributed by atoms with E-state index in [0.29, 0.717) is 15.5 Å². The van der Waals surface area contributed by atoms with E-state index < -0.39 is 5.97 Å². The summed E-state index contributed by atoms with van der Waals surface area (Å²) in [6, 6.07) is 2.99. The molecule has 0 aliphatic carbocycles. The van der Waals surface area contributed by atoms with Gasteiger partial charge >= 0.3 is 5.97 Å². The number of aromatic carboxylic acids is 1. The van der Waals surface area contributed by atoms with E-state index in [4.69, 9.17) is 28.5 Å². The quantitative estimate of drug-likeness (QED) is 0.707. The average Bonchev–Trinajstić information content (AvgIpc) is 2.17. The van der Waals surface area contributed by atoms with Crippen molar-refractivity contribution in [2.24, 2.45) is 0 Å². The second-order valence-electron chi connectivity index (χ2n) is 2.94. The lowest BCUT2D eigenvalue weighted by Gasteiger charge is -2.14. The minimum absolute atomic E-state index is 0.165. The zero-order chi connectivity index (χ0) is 11.0. The van der Waals surface area contributed by atoms with Crippen molar-refractivity contribution in [2.75, 3.05) is 0 Å². The van der Waals surface area contributed by atoms with E-state index >= 15 is 0 Å².